The Morgan fingerprint density at radius 2 is 1.71 bits per heavy atom. The highest BCUT2D eigenvalue weighted by atomic mass is 16.5. The van der Waals surface area contributed by atoms with Crippen molar-refractivity contribution >= 4 is 5.91 Å². The largest absolute Gasteiger partial charge is 0.497 e. The summed E-state index contributed by atoms with van der Waals surface area (Å²) in [6, 6.07) is 7.80. The van der Waals surface area contributed by atoms with Crippen LogP contribution in [0.2, 0.25) is 0 Å². The summed E-state index contributed by atoms with van der Waals surface area (Å²) in [5, 5.41) is 3.00. The van der Waals surface area contributed by atoms with Crippen LogP contribution in [0.4, 0.5) is 0 Å². The van der Waals surface area contributed by atoms with Crippen molar-refractivity contribution in [1.29, 1.82) is 0 Å². The molecule has 21 heavy (non-hydrogen) atoms. The molecule has 1 fully saturated rings. The summed E-state index contributed by atoms with van der Waals surface area (Å²) in [6.45, 7) is 3.21. The molecule has 1 amide bonds. The average molecular weight is 290 g/mol. The molecular weight excluding hydrogens is 264 g/mol. The van der Waals surface area contributed by atoms with Gasteiger partial charge in [0.1, 0.15) is 5.75 Å². The highest BCUT2D eigenvalue weighted by Gasteiger charge is 2.11. The van der Waals surface area contributed by atoms with Gasteiger partial charge in [-0.3, -0.25) is 9.69 Å². The predicted octanol–water partition coefficient (Wildman–Crippen LogP) is 2.58. The lowest BCUT2D eigenvalue weighted by Crippen LogP contribution is -2.38. The first kappa shape index (κ1) is 15.8. The third-order valence-corrected chi connectivity index (χ3v) is 3.96. The molecule has 116 valence electrons. The van der Waals surface area contributed by atoms with E-state index in [2.05, 4.69) is 10.2 Å². The van der Waals surface area contributed by atoms with Crippen LogP contribution in [0, 0.1) is 0 Å². The normalized spacial score (nSPS) is 16.8. The van der Waals surface area contributed by atoms with Crippen LogP contribution in [0.15, 0.2) is 24.3 Å². The molecule has 0 aliphatic carbocycles. The van der Waals surface area contributed by atoms with E-state index < -0.39 is 0 Å². The van der Waals surface area contributed by atoms with Gasteiger partial charge in [0.2, 0.25) is 5.91 Å². The lowest BCUT2D eigenvalue weighted by molar-refractivity contribution is -0.122. The van der Waals surface area contributed by atoms with Crippen molar-refractivity contribution in [3.8, 4) is 5.75 Å². The Morgan fingerprint density at radius 1 is 1.10 bits per heavy atom. The minimum Gasteiger partial charge on any atom is -0.497 e. The molecule has 4 nitrogen and oxygen atoms in total. The third kappa shape index (κ3) is 5.76. The number of nitrogens with one attached hydrogen (secondary N) is 1. The maximum Gasteiger partial charge on any atom is 0.234 e. The van der Waals surface area contributed by atoms with Gasteiger partial charge in [-0.1, -0.05) is 31.4 Å². The fraction of sp³-hybridized carbons (Fsp3) is 0.588. The monoisotopic (exact) mass is 290 g/mol. The number of hydrogen-bond acceptors (Lipinski definition) is 3. The van der Waals surface area contributed by atoms with Gasteiger partial charge in [-0.25, -0.2) is 0 Å². The number of benzene rings is 1. The van der Waals surface area contributed by atoms with Crippen molar-refractivity contribution in [3.63, 3.8) is 0 Å². The van der Waals surface area contributed by atoms with E-state index in [1.54, 1.807) is 7.11 Å². The van der Waals surface area contributed by atoms with E-state index in [0.29, 0.717) is 13.1 Å². The zero-order valence-corrected chi connectivity index (χ0v) is 12.9. The van der Waals surface area contributed by atoms with Gasteiger partial charge in [-0.05, 0) is 43.6 Å². The number of methoxy groups -OCH3 is 1. The maximum absolute atomic E-state index is 12.0. The number of rotatable bonds is 5. The van der Waals surface area contributed by atoms with Crippen LogP contribution >= 0.6 is 0 Å². The zero-order valence-electron chi connectivity index (χ0n) is 12.9. The quantitative estimate of drug-likeness (QED) is 0.906. The number of carbonyl (C=O) groups excluding carboxylic acids is 1. The van der Waals surface area contributed by atoms with Crippen molar-refractivity contribution in [3.05, 3.63) is 29.8 Å². The van der Waals surface area contributed by atoms with Gasteiger partial charge in [-0.2, -0.15) is 0 Å². The zero-order chi connectivity index (χ0) is 14.9. The molecule has 1 saturated heterocycles. The van der Waals surface area contributed by atoms with Crippen molar-refractivity contribution in [1.82, 2.24) is 10.2 Å². The lowest BCUT2D eigenvalue weighted by atomic mass is 10.1. The fourth-order valence-corrected chi connectivity index (χ4v) is 2.67. The summed E-state index contributed by atoms with van der Waals surface area (Å²) >= 11 is 0. The van der Waals surface area contributed by atoms with Crippen molar-refractivity contribution in [2.75, 3.05) is 26.7 Å². The van der Waals surface area contributed by atoms with Crippen LogP contribution in [0.25, 0.3) is 0 Å². The maximum atomic E-state index is 12.0. The molecule has 0 bridgehead atoms. The first-order valence-electron chi connectivity index (χ1n) is 7.90. The van der Waals surface area contributed by atoms with Crippen LogP contribution in [0.5, 0.6) is 5.75 Å². The Bertz CT molecular complexity index is 423. The topological polar surface area (TPSA) is 41.6 Å². The smallest absolute Gasteiger partial charge is 0.234 e. The fourth-order valence-electron chi connectivity index (χ4n) is 2.67. The van der Waals surface area contributed by atoms with E-state index in [1.165, 1.54) is 32.1 Å². The second-order valence-corrected chi connectivity index (χ2v) is 5.67. The molecule has 2 rings (SSSR count). The van der Waals surface area contributed by atoms with Crippen LogP contribution < -0.4 is 10.1 Å². The molecule has 1 aliphatic heterocycles. The first-order valence-corrected chi connectivity index (χ1v) is 7.90. The third-order valence-electron chi connectivity index (χ3n) is 3.96. The molecule has 0 atom stereocenters. The number of likely N-dealkylation sites (tertiary alicyclic amines) is 1. The molecule has 1 aromatic rings. The summed E-state index contributed by atoms with van der Waals surface area (Å²) in [5.74, 6) is 0.956. The number of ether oxygens (including phenoxy) is 1. The molecule has 1 heterocycles. The minimum absolute atomic E-state index is 0.117. The number of hydrogen-bond donors (Lipinski definition) is 1. The predicted molar refractivity (Wildman–Crippen MR) is 84.4 cm³/mol. The van der Waals surface area contributed by atoms with Crippen LogP contribution in [0.3, 0.4) is 0 Å². The molecule has 0 radical (unpaired) electrons. The first-order chi connectivity index (χ1) is 10.3. The van der Waals surface area contributed by atoms with Gasteiger partial charge >= 0.3 is 0 Å². The van der Waals surface area contributed by atoms with Gasteiger partial charge in [0, 0.05) is 6.54 Å². The number of carbonyl (C=O) groups is 1. The molecule has 0 aromatic heterocycles. The molecule has 1 N–H and O–H groups in total. The van der Waals surface area contributed by atoms with Gasteiger partial charge < -0.3 is 10.1 Å². The SMILES string of the molecule is COc1ccc(CNC(=O)CN2CCCCCCC2)cc1. The van der Waals surface area contributed by atoms with E-state index in [-0.39, 0.29) is 5.91 Å². The number of amides is 1. The Morgan fingerprint density at radius 3 is 2.33 bits per heavy atom. The summed E-state index contributed by atoms with van der Waals surface area (Å²) in [5.41, 5.74) is 1.09. The Kier molecular flexibility index (Phi) is 6.54. The van der Waals surface area contributed by atoms with Gasteiger partial charge in [0.15, 0.2) is 0 Å². The molecule has 0 unspecified atom stereocenters. The van der Waals surface area contributed by atoms with Gasteiger partial charge in [0.05, 0.1) is 13.7 Å². The summed E-state index contributed by atoms with van der Waals surface area (Å²) in [6.07, 6.45) is 6.36. The van der Waals surface area contributed by atoms with Crippen molar-refractivity contribution in [2.24, 2.45) is 0 Å². The van der Waals surface area contributed by atoms with Crippen LogP contribution in [-0.4, -0.2) is 37.6 Å². The van der Waals surface area contributed by atoms with E-state index in [0.717, 1.165) is 24.4 Å². The standard InChI is InChI=1S/C17H26N2O2/c1-21-16-9-7-15(8-10-16)13-18-17(20)14-19-11-5-3-2-4-6-12-19/h7-10H,2-6,11-14H2,1H3,(H,18,20). The molecule has 0 spiro atoms. The van der Waals surface area contributed by atoms with Gasteiger partial charge in [0.25, 0.3) is 0 Å². The van der Waals surface area contributed by atoms with E-state index in [9.17, 15) is 4.79 Å². The summed E-state index contributed by atoms with van der Waals surface area (Å²) < 4.78 is 5.12. The minimum atomic E-state index is 0.117. The Labute approximate surface area is 127 Å². The molecule has 1 aliphatic rings. The van der Waals surface area contributed by atoms with Crippen molar-refractivity contribution < 1.29 is 9.53 Å². The van der Waals surface area contributed by atoms with Crippen LogP contribution in [-0.2, 0) is 11.3 Å². The van der Waals surface area contributed by atoms with E-state index >= 15 is 0 Å². The van der Waals surface area contributed by atoms with Crippen LogP contribution in [0.1, 0.15) is 37.7 Å². The second-order valence-electron chi connectivity index (χ2n) is 5.67. The molecular formula is C17H26N2O2. The Balaban J connectivity index is 1.72. The highest BCUT2D eigenvalue weighted by Crippen LogP contribution is 2.11. The lowest BCUT2D eigenvalue weighted by Gasteiger charge is -2.23. The van der Waals surface area contributed by atoms with E-state index in [4.69, 9.17) is 4.74 Å². The number of nitrogens with zero attached hydrogens (tertiary/aromatic N) is 1. The summed E-state index contributed by atoms with van der Waals surface area (Å²) in [4.78, 5) is 14.3. The average Bonchev–Trinajstić information content (AvgIpc) is 2.48. The second kappa shape index (κ2) is 8.67. The Hall–Kier alpha value is -1.55. The van der Waals surface area contributed by atoms with E-state index in [1.807, 2.05) is 24.3 Å². The van der Waals surface area contributed by atoms with Gasteiger partial charge in [-0.15, -0.1) is 0 Å². The highest BCUT2D eigenvalue weighted by molar-refractivity contribution is 5.78. The molecule has 0 saturated carbocycles. The summed E-state index contributed by atoms with van der Waals surface area (Å²) in [7, 11) is 1.65. The van der Waals surface area contributed by atoms with Crippen molar-refractivity contribution in [2.45, 2.75) is 38.6 Å². The molecule has 1 aromatic carbocycles. The molecule has 4 heteroatoms.